The van der Waals surface area contributed by atoms with Crippen LogP contribution in [0.15, 0.2) is 24.3 Å². The minimum Gasteiger partial charge on any atom is -0.353 e. The predicted molar refractivity (Wildman–Crippen MR) is 52.1 cm³/mol. The van der Waals surface area contributed by atoms with E-state index in [-0.39, 0.29) is 5.91 Å². The summed E-state index contributed by atoms with van der Waals surface area (Å²) in [5.74, 6) is 1.44. The maximum absolute atomic E-state index is 10.8. The zero-order chi connectivity index (χ0) is 9.26. The molecule has 2 rings (SSSR count). The Kier molecular flexibility index (Phi) is 2.21. The molecule has 2 aliphatic carbocycles. The van der Waals surface area contributed by atoms with Gasteiger partial charge in [0.25, 0.3) is 0 Å². The molecule has 2 aliphatic rings. The highest BCUT2D eigenvalue weighted by atomic mass is 16.1. The van der Waals surface area contributed by atoms with Gasteiger partial charge in [-0.15, -0.1) is 0 Å². The molecule has 0 aliphatic heterocycles. The largest absolute Gasteiger partial charge is 0.353 e. The Balaban J connectivity index is 1.82. The van der Waals surface area contributed by atoms with Crippen molar-refractivity contribution >= 4 is 5.91 Å². The van der Waals surface area contributed by atoms with Crippen LogP contribution in [0.4, 0.5) is 0 Å². The maximum atomic E-state index is 10.8. The highest BCUT2D eigenvalue weighted by molar-refractivity contribution is 5.73. The molecule has 0 aromatic rings. The summed E-state index contributed by atoms with van der Waals surface area (Å²) in [6.45, 7) is 1.59. The Morgan fingerprint density at radius 1 is 1.46 bits per heavy atom. The fourth-order valence-electron chi connectivity index (χ4n) is 2.03. The van der Waals surface area contributed by atoms with Crippen molar-refractivity contribution in [3.8, 4) is 0 Å². The lowest BCUT2D eigenvalue weighted by Crippen LogP contribution is -2.25. The van der Waals surface area contributed by atoms with E-state index in [1.807, 2.05) is 0 Å². The van der Waals surface area contributed by atoms with Gasteiger partial charge in [0.2, 0.25) is 5.91 Å². The summed E-state index contributed by atoms with van der Waals surface area (Å²) in [5, 5.41) is 2.97. The summed E-state index contributed by atoms with van der Waals surface area (Å²) in [7, 11) is 0. The van der Waals surface area contributed by atoms with E-state index >= 15 is 0 Å². The van der Waals surface area contributed by atoms with Gasteiger partial charge in [0.05, 0.1) is 0 Å². The van der Waals surface area contributed by atoms with Crippen LogP contribution in [0.3, 0.4) is 0 Å². The van der Waals surface area contributed by atoms with Crippen molar-refractivity contribution in [3.63, 3.8) is 0 Å². The molecule has 1 saturated carbocycles. The number of hydrogen-bond donors (Lipinski definition) is 1. The van der Waals surface area contributed by atoms with Crippen LogP contribution in [0, 0.1) is 11.8 Å². The van der Waals surface area contributed by atoms with Crippen LogP contribution in [-0.2, 0) is 4.79 Å². The normalized spacial score (nSPS) is 35.9. The molecule has 0 aromatic heterocycles. The Morgan fingerprint density at radius 2 is 2.31 bits per heavy atom. The lowest BCUT2D eigenvalue weighted by atomic mass is 9.95. The number of allylic oxidation sites excluding steroid dienone is 4. The van der Waals surface area contributed by atoms with Crippen molar-refractivity contribution in [3.05, 3.63) is 24.3 Å². The van der Waals surface area contributed by atoms with E-state index in [9.17, 15) is 4.79 Å². The SMILES string of the molecule is CC(=O)N[C@@H]1C[C@H]1C1C=CC=CC1. The summed E-state index contributed by atoms with van der Waals surface area (Å²) in [6.07, 6.45) is 10.9. The number of carbonyl (C=O) groups excluding carboxylic acids is 1. The molecule has 1 fully saturated rings. The molecule has 70 valence electrons. The van der Waals surface area contributed by atoms with Crippen LogP contribution >= 0.6 is 0 Å². The van der Waals surface area contributed by atoms with Crippen molar-refractivity contribution in [2.24, 2.45) is 11.8 Å². The highest BCUT2D eigenvalue weighted by Crippen LogP contribution is 2.40. The third-order valence-corrected chi connectivity index (χ3v) is 2.79. The predicted octanol–water partition coefficient (Wildman–Crippen LogP) is 1.64. The van der Waals surface area contributed by atoms with E-state index in [4.69, 9.17) is 0 Å². The Hall–Kier alpha value is -1.05. The number of nitrogens with one attached hydrogen (secondary N) is 1. The van der Waals surface area contributed by atoms with Crippen LogP contribution in [0.1, 0.15) is 19.8 Å². The van der Waals surface area contributed by atoms with Gasteiger partial charge in [-0.05, 0) is 24.7 Å². The van der Waals surface area contributed by atoms with Gasteiger partial charge in [-0.2, -0.15) is 0 Å². The molecular weight excluding hydrogens is 162 g/mol. The Morgan fingerprint density at radius 3 is 2.92 bits per heavy atom. The van der Waals surface area contributed by atoms with E-state index < -0.39 is 0 Å². The van der Waals surface area contributed by atoms with Crippen molar-refractivity contribution in [1.29, 1.82) is 0 Å². The second-order valence-corrected chi connectivity index (χ2v) is 3.92. The summed E-state index contributed by atoms with van der Waals surface area (Å²) in [6, 6.07) is 0.443. The molecule has 1 amide bonds. The van der Waals surface area contributed by atoms with Gasteiger partial charge in [0.1, 0.15) is 0 Å². The first-order valence-electron chi connectivity index (χ1n) is 4.88. The number of hydrogen-bond acceptors (Lipinski definition) is 1. The van der Waals surface area contributed by atoms with Gasteiger partial charge in [0.15, 0.2) is 0 Å². The van der Waals surface area contributed by atoms with Crippen LogP contribution in [-0.4, -0.2) is 11.9 Å². The van der Waals surface area contributed by atoms with Crippen LogP contribution in [0.25, 0.3) is 0 Å². The first-order chi connectivity index (χ1) is 6.27. The van der Waals surface area contributed by atoms with E-state index in [2.05, 4.69) is 29.6 Å². The van der Waals surface area contributed by atoms with E-state index in [1.165, 1.54) is 0 Å². The third-order valence-electron chi connectivity index (χ3n) is 2.79. The van der Waals surface area contributed by atoms with Crippen molar-refractivity contribution in [2.75, 3.05) is 0 Å². The molecule has 0 radical (unpaired) electrons. The lowest BCUT2D eigenvalue weighted by molar-refractivity contribution is -0.119. The molecule has 13 heavy (non-hydrogen) atoms. The highest BCUT2D eigenvalue weighted by Gasteiger charge is 2.42. The summed E-state index contributed by atoms with van der Waals surface area (Å²) >= 11 is 0. The molecule has 1 N–H and O–H groups in total. The minimum atomic E-state index is 0.0998. The van der Waals surface area contributed by atoms with Gasteiger partial charge in [-0.25, -0.2) is 0 Å². The van der Waals surface area contributed by atoms with Crippen molar-refractivity contribution in [1.82, 2.24) is 5.32 Å². The van der Waals surface area contributed by atoms with Gasteiger partial charge in [-0.3, -0.25) is 4.79 Å². The fraction of sp³-hybridized carbons (Fsp3) is 0.545. The Labute approximate surface area is 78.7 Å². The van der Waals surface area contributed by atoms with Gasteiger partial charge >= 0.3 is 0 Å². The van der Waals surface area contributed by atoms with E-state index in [0.29, 0.717) is 17.9 Å². The molecule has 0 bridgehead atoms. The standard InChI is InChI=1S/C11H15NO/c1-8(13)12-11-7-10(11)9-5-3-2-4-6-9/h2-5,9-11H,6-7H2,1H3,(H,12,13)/t9?,10-,11+/m0/s1. The first kappa shape index (κ1) is 8.54. The maximum Gasteiger partial charge on any atom is 0.217 e. The third kappa shape index (κ3) is 2.00. The molecule has 1 unspecified atom stereocenters. The topological polar surface area (TPSA) is 29.1 Å². The van der Waals surface area contributed by atoms with Crippen LogP contribution in [0.5, 0.6) is 0 Å². The first-order valence-corrected chi connectivity index (χ1v) is 4.88. The number of amides is 1. The number of carbonyl (C=O) groups is 1. The zero-order valence-corrected chi connectivity index (χ0v) is 7.86. The molecule has 0 saturated heterocycles. The molecule has 0 aromatic carbocycles. The van der Waals surface area contributed by atoms with Gasteiger partial charge in [-0.1, -0.05) is 24.3 Å². The van der Waals surface area contributed by atoms with Gasteiger partial charge < -0.3 is 5.32 Å². The quantitative estimate of drug-likeness (QED) is 0.682. The Bertz CT molecular complexity index is 267. The number of rotatable bonds is 2. The minimum absolute atomic E-state index is 0.0998. The van der Waals surface area contributed by atoms with E-state index in [0.717, 1.165) is 12.8 Å². The zero-order valence-electron chi connectivity index (χ0n) is 7.86. The molecule has 2 nitrogen and oxygen atoms in total. The summed E-state index contributed by atoms with van der Waals surface area (Å²) < 4.78 is 0. The van der Waals surface area contributed by atoms with E-state index in [1.54, 1.807) is 6.92 Å². The molecule has 0 heterocycles. The van der Waals surface area contributed by atoms with Crippen molar-refractivity contribution < 1.29 is 4.79 Å². The van der Waals surface area contributed by atoms with Crippen LogP contribution < -0.4 is 5.32 Å². The molecular formula is C11H15NO. The molecule has 2 heteroatoms. The second-order valence-electron chi connectivity index (χ2n) is 3.92. The monoisotopic (exact) mass is 177 g/mol. The van der Waals surface area contributed by atoms with Crippen LogP contribution in [0.2, 0.25) is 0 Å². The molecule has 0 spiro atoms. The lowest BCUT2D eigenvalue weighted by Gasteiger charge is -2.12. The molecule has 3 atom stereocenters. The smallest absolute Gasteiger partial charge is 0.217 e. The van der Waals surface area contributed by atoms with Gasteiger partial charge in [0, 0.05) is 13.0 Å². The average molecular weight is 177 g/mol. The summed E-state index contributed by atoms with van der Waals surface area (Å²) in [4.78, 5) is 10.8. The fourth-order valence-corrected chi connectivity index (χ4v) is 2.03. The average Bonchev–Trinajstić information content (AvgIpc) is 2.84. The summed E-state index contributed by atoms with van der Waals surface area (Å²) in [5.41, 5.74) is 0. The second kappa shape index (κ2) is 3.36. The van der Waals surface area contributed by atoms with Crippen molar-refractivity contribution in [2.45, 2.75) is 25.8 Å².